The van der Waals surface area contributed by atoms with Crippen molar-refractivity contribution in [3.05, 3.63) is 59.8 Å². The molecule has 190 valence electrons. The molecule has 2 aliphatic rings. The van der Waals surface area contributed by atoms with Gasteiger partial charge in [0.2, 0.25) is 11.8 Å². The molecular formula is C27H29N7O3. The minimum Gasteiger partial charge on any atom is -0.439 e. The Morgan fingerprint density at radius 2 is 2.00 bits per heavy atom. The predicted molar refractivity (Wildman–Crippen MR) is 138 cm³/mol. The normalized spacial score (nSPS) is 17.9. The average Bonchev–Trinajstić information content (AvgIpc) is 3.53. The molecule has 0 spiro atoms. The summed E-state index contributed by atoms with van der Waals surface area (Å²) in [5.74, 6) is 1.69. The van der Waals surface area contributed by atoms with Crippen molar-refractivity contribution in [2.24, 2.45) is 0 Å². The Kier molecular flexibility index (Phi) is 5.29. The van der Waals surface area contributed by atoms with Gasteiger partial charge in [-0.05, 0) is 44.0 Å². The zero-order chi connectivity index (χ0) is 25.9. The number of aromatic nitrogens is 5. The van der Waals surface area contributed by atoms with Crippen molar-refractivity contribution in [3.63, 3.8) is 0 Å². The van der Waals surface area contributed by atoms with E-state index in [4.69, 9.17) is 4.74 Å². The first-order valence-corrected chi connectivity index (χ1v) is 12.5. The fourth-order valence-electron chi connectivity index (χ4n) is 5.35. The summed E-state index contributed by atoms with van der Waals surface area (Å²) >= 11 is 0. The third-order valence-corrected chi connectivity index (χ3v) is 7.50. The molecule has 0 fully saturated rings. The Morgan fingerprint density at radius 1 is 1.16 bits per heavy atom. The van der Waals surface area contributed by atoms with Crippen LogP contribution in [0.1, 0.15) is 51.1 Å². The van der Waals surface area contributed by atoms with Gasteiger partial charge >= 0.3 is 6.03 Å². The van der Waals surface area contributed by atoms with Crippen LogP contribution in [-0.4, -0.2) is 47.2 Å². The number of hydrogen-bond acceptors (Lipinski definition) is 6. The van der Waals surface area contributed by atoms with Crippen LogP contribution in [-0.2, 0) is 29.7 Å². The Morgan fingerprint density at radius 3 is 2.78 bits per heavy atom. The lowest BCUT2D eigenvalue weighted by atomic mass is 9.89. The molecule has 10 heteroatoms. The van der Waals surface area contributed by atoms with E-state index in [-0.39, 0.29) is 23.4 Å². The van der Waals surface area contributed by atoms with Gasteiger partial charge in [0, 0.05) is 53.8 Å². The largest absolute Gasteiger partial charge is 0.439 e. The Labute approximate surface area is 214 Å². The van der Waals surface area contributed by atoms with E-state index in [0.29, 0.717) is 30.4 Å². The van der Waals surface area contributed by atoms with Crippen molar-refractivity contribution >= 4 is 28.7 Å². The molecule has 2 aliphatic heterocycles. The first kappa shape index (κ1) is 23.2. The average molecular weight is 500 g/mol. The molecule has 0 bridgehead atoms. The summed E-state index contributed by atoms with van der Waals surface area (Å²) in [5, 5.41) is 8.33. The third kappa shape index (κ3) is 4.02. The molecule has 5 heterocycles. The van der Waals surface area contributed by atoms with E-state index in [0.717, 1.165) is 40.8 Å². The molecule has 10 nitrogen and oxygen atoms in total. The lowest BCUT2D eigenvalue weighted by Crippen LogP contribution is -2.41. The minimum atomic E-state index is -0.271. The SMILES string of the molecule is CC(=O)N1Cc2ncnc(Oc3ccc4c(ccn4C(=O)Nc4cc5n(n4)CCC5(C)C)c3)c2C[C@@H]1C. The van der Waals surface area contributed by atoms with Gasteiger partial charge in [0.1, 0.15) is 12.1 Å². The third-order valence-electron chi connectivity index (χ3n) is 7.50. The van der Waals surface area contributed by atoms with E-state index < -0.39 is 0 Å². The first-order chi connectivity index (χ1) is 17.7. The van der Waals surface area contributed by atoms with E-state index in [9.17, 15) is 9.59 Å². The van der Waals surface area contributed by atoms with Crippen molar-refractivity contribution in [1.29, 1.82) is 0 Å². The minimum absolute atomic E-state index is 0.0269. The molecule has 0 radical (unpaired) electrons. The van der Waals surface area contributed by atoms with Crippen molar-refractivity contribution < 1.29 is 14.3 Å². The van der Waals surface area contributed by atoms with Crippen molar-refractivity contribution in [2.45, 2.75) is 65.1 Å². The van der Waals surface area contributed by atoms with Gasteiger partial charge in [-0.2, -0.15) is 5.10 Å². The molecule has 0 unspecified atom stereocenters. The van der Waals surface area contributed by atoms with Gasteiger partial charge in [-0.15, -0.1) is 0 Å². The van der Waals surface area contributed by atoms with E-state index in [1.54, 1.807) is 22.6 Å². The topological polar surface area (TPSA) is 107 Å². The standard InChI is InChI=1S/C27H29N7O3/c1-16-11-20-21(14-33(16)17(2)35)28-15-29-25(20)37-19-5-6-22-18(12-19)7-9-32(22)26(36)30-24-13-23-27(3,4)8-10-34(23)31-24/h5-7,9,12-13,15-16H,8,10-11,14H2,1-4H3,(H,30,31,36)/t16-/m0/s1. The lowest BCUT2D eigenvalue weighted by Gasteiger charge is -2.33. The number of amides is 2. The maximum atomic E-state index is 13.0. The molecule has 6 rings (SSSR count). The Hall–Kier alpha value is -4.21. The molecule has 1 aromatic carbocycles. The number of ether oxygens (including phenoxy) is 1. The van der Waals surface area contributed by atoms with E-state index in [1.165, 1.54) is 6.33 Å². The zero-order valence-electron chi connectivity index (χ0n) is 21.4. The summed E-state index contributed by atoms with van der Waals surface area (Å²) in [6, 6.07) is 9.16. The van der Waals surface area contributed by atoms with Crippen LogP contribution >= 0.6 is 0 Å². The molecule has 0 saturated heterocycles. The quantitative estimate of drug-likeness (QED) is 0.446. The highest BCUT2D eigenvalue weighted by Gasteiger charge is 2.32. The summed E-state index contributed by atoms with van der Waals surface area (Å²) in [5.41, 5.74) is 3.67. The Bertz CT molecular complexity index is 1550. The van der Waals surface area contributed by atoms with Gasteiger partial charge < -0.3 is 9.64 Å². The second kappa shape index (κ2) is 8.43. The first-order valence-electron chi connectivity index (χ1n) is 12.5. The molecular weight excluding hydrogens is 470 g/mol. The summed E-state index contributed by atoms with van der Waals surface area (Å²) in [6.07, 6.45) is 4.87. The van der Waals surface area contributed by atoms with Gasteiger partial charge in [0.15, 0.2) is 5.82 Å². The molecule has 0 aliphatic carbocycles. The molecule has 3 aromatic heterocycles. The van der Waals surface area contributed by atoms with Crippen LogP contribution in [0.5, 0.6) is 11.6 Å². The summed E-state index contributed by atoms with van der Waals surface area (Å²) in [4.78, 5) is 35.5. The molecule has 4 aromatic rings. The second-order valence-corrected chi connectivity index (χ2v) is 10.5. The van der Waals surface area contributed by atoms with E-state index >= 15 is 0 Å². The zero-order valence-corrected chi connectivity index (χ0v) is 21.4. The van der Waals surface area contributed by atoms with E-state index in [2.05, 4.69) is 34.2 Å². The Balaban J connectivity index is 1.22. The number of nitrogens with zero attached hydrogens (tertiary/aromatic N) is 6. The highest BCUT2D eigenvalue weighted by atomic mass is 16.5. The van der Waals surface area contributed by atoms with Gasteiger partial charge in [-0.25, -0.2) is 14.8 Å². The van der Waals surface area contributed by atoms with Crippen LogP contribution in [0.3, 0.4) is 0 Å². The summed E-state index contributed by atoms with van der Waals surface area (Å²) < 4.78 is 9.71. The number of benzene rings is 1. The highest BCUT2D eigenvalue weighted by Crippen LogP contribution is 2.35. The molecule has 1 atom stereocenters. The molecule has 0 saturated carbocycles. The van der Waals surface area contributed by atoms with Crippen LogP contribution in [0, 0.1) is 0 Å². The lowest BCUT2D eigenvalue weighted by molar-refractivity contribution is -0.132. The summed E-state index contributed by atoms with van der Waals surface area (Å²) in [7, 11) is 0. The number of rotatable bonds is 3. The number of fused-ring (bicyclic) bond motifs is 3. The van der Waals surface area contributed by atoms with Crippen molar-refractivity contribution in [1.82, 2.24) is 29.2 Å². The van der Waals surface area contributed by atoms with E-state index in [1.807, 2.05) is 41.9 Å². The number of carbonyl (C=O) groups is 2. The maximum absolute atomic E-state index is 13.0. The van der Waals surface area contributed by atoms with Gasteiger partial charge in [0.25, 0.3) is 0 Å². The van der Waals surface area contributed by atoms with Crippen LogP contribution in [0.2, 0.25) is 0 Å². The van der Waals surface area contributed by atoms with Crippen LogP contribution < -0.4 is 10.1 Å². The molecule has 1 N–H and O–H groups in total. The fourth-order valence-corrected chi connectivity index (χ4v) is 5.35. The molecule has 37 heavy (non-hydrogen) atoms. The summed E-state index contributed by atoms with van der Waals surface area (Å²) in [6.45, 7) is 9.27. The second-order valence-electron chi connectivity index (χ2n) is 10.5. The van der Waals surface area contributed by atoms with Crippen molar-refractivity contribution in [3.8, 4) is 11.6 Å². The number of nitrogens with one attached hydrogen (secondary N) is 1. The van der Waals surface area contributed by atoms with Crippen LogP contribution in [0.4, 0.5) is 10.6 Å². The smallest absolute Gasteiger partial charge is 0.331 e. The maximum Gasteiger partial charge on any atom is 0.331 e. The van der Waals surface area contributed by atoms with Gasteiger partial charge in [-0.3, -0.25) is 19.4 Å². The van der Waals surface area contributed by atoms with Gasteiger partial charge in [0.05, 0.1) is 17.8 Å². The monoisotopic (exact) mass is 499 g/mol. The highest BCUT2D eigenvalue weighted by molar-refractivity contribution is 5.98. The molecule has 2 amide bonds. The van der Waals surface area contributed by atoms with Crippen LogP contribution in [0.25, 0.3) is 10.9 Å². The van der Waals surface area contributed by atoms with Gasteiger partial charge in [-0.1, -0.05) is 13.8 Å². The van der Waals surface area contributed by atoms with Crippen LogP contribution in [0.15, 0.2) is 42.9 Å². The number of hydrogen-bond donors (Lipinski definition) is 1. The predicted octanol–water partition coefficient (Wildman–Crippen LogP) is 4.47. The number of carbonyl (C=O) groups excluding carboxylic acids is 2. The number of anilines is 1. The fraction of sp³-hybridized carbons (Fsp3) is 0.370. The number of aryl methyl sites for hydroxylation is 1. The van der Waals surface area contributed by atoms with Crippen molar-refractivity contribution in [2.75, 3.05) is 5.32 Å².